The highest BCUT2D eigenvalue weighted by atomic mass is 16.5. The van der Waals surface area contributed by atoms with Crippen LogP contribution in [0.1, 0.15) is 25.8 Å². The minimum atomic E-state index is 0.766. The minimum Gasteiger partial charge on any atom is -0.492 e. The van der Waals surface area contributed by atoms with Crippen LogP contribution in [0.2, 0.25) is 0 Å². The van der Waals surface area contributed by atoms with Crippen molar-refractivity contribution in [1.29, 1.82) is 0 Å². The first-order valence-electron chi connectivity index (χ1n) is 9.06. The number of hydrogen-bond donors (Lipinski definition) is 0. The normalized spacial score (nSPS) is 16.0. The molecule has 0 N–H and O–H groups in total. The van der Waals surface area contributed by atoms with Gasteiger partial charge in [0.15, 0.2) is 0 Å². The molecular weight excluding hydrogens is 288 g/mol. The molecule has 0 unspecified atom stereocenters. The summed E-state index contributed by atoms with van der Waals surface area (Å²) in [6.45, 7) is 13.4. The van der Waals surface area contributed by atoms with E-state index >= 15 is 0 Å². The summed E-state index contributed by atoms with van der Waals surface area (Å²) in [5.74, 6) is 1.06. The van der Waals surface area contributed by atoms with Crippen LogP contribution in [-0.2, 0) is 11.2 Å². The fourth-order valence-corrected chi connectivity index (χ4v) is 2.99. The molecule has 4 heteroatoms. The van der Waals surface area contributed by atoms with Gasteiger partial charge in [0.1, 0.15) is 12.4 Å². The fourth-order valence-electron chi connectivity index (χ4n) is 2.99. The molecule has 23 heavy (non-hydrogen) atoms. The monoisotopic (exact) mass is 320 g/mol. The minimum absolute atomic E-state index is 0.766. The highest BCUT2D eigenvalue weighted by Gasteiger charge is 2.10. The van der Waals surface area contributed by atoms with E-state index < -0.39 is 0 Å². The molecule has 0 amide bonds. The van der Waals surface area contributed by atoms with Crippen LogP contribution in [-0.4, -0.2) is 68.9 Å². The maximum atomic E-state index is 6.04. The van der Waals surface area contributed by atoms with Gasteiger partial charge in [-0.05, 0) is 44.1 Å². The second-order valence-corrected chi connectivity index (χ2v) is 6.04. The number of nitrogens with zero attached hydrogens (tertiary/aromatic N) is 2. The van der Waals surface area contributed by atoms with Gasteiger partial charge in [-0.2, -0.15) is 0 Å². The van der Waals surface area contributed by atoms with Crippen molar-refractivity contribution >= 4 is 0 Å². The van der Waals surface area contributed by atoms with Gasteiger partial charge in [-0.25, -0.2) is 0 Å². The van der Waals surface area contributed by atoms with Crippen LogP contribution in [0.4, 0.5) is 0 Å². The largest absolute Gasteiger partial charge is 0.492 e. The van der Waals surface area contributed by atoms with E-state index in [0.717, 1.165) is 71.3 Å². The zero-order chi connectivity index (χ0) is 16.3. The number of aryl methyl sites for hydroxylation is 1. The molecule has 1 aromatic rings. The molecule has 0 spiro atoms. The Morgan fingerprint density at radius 1 is 1.13 bits per heavy atom. The molecule has 1 aromatic carbocycles. The molecule has 4 nitrogen and oxygen atoms in total. The van der Waals surface area contributed by atoms with E-state index in [1.165, 1.54) is 12.0 Å². The molecule has 1 fully saturated rings. The van der Waals surface area contributed by atoms with Gasteiger partial charge in [-0.1, -0.05) is 32.0 Å². The number of para-hydroxylation sites is 1. The third-order valence-electron chi connectivity index (χ3n) is 4.56. The second kappa shape index (κ2) is 10.6. The highest BCUT2D eigenvalue weighted by Crippen LogP contribution is 2.19. The molecule has 0 saturated carbocycles. The Balaban J connectivity index is 1.75. The van der Waals surface area contributed by atoms with E-state index in [9.17, 15) is 0 Å². The summed E-state index contributed by atoms with van der Waals surface area (Å²) < 4.78 is 11.4. The second-order valence-electron chi connectivity index (χ2n) is 6.04. The summed E-state index contributed by atoms with van der Waals surface area (Å²) in [5, 5.41) is 0. The molecule has 1 aliphatic heterocycles. The predicted octanol–water partition coefficient (Wildman–Crippen LogP) is 2.67. The molecule has 0 radical (unpaired) electrons. The fraction of sp³-hybridized carbons (Fsp3) is 0.684. The van der Waals surface area contributed by atoms with Crippen molar-refractivity contribution in [3.05, 3.63) is 29.8 Å². The van der Waals surface area contributed by atoms with E-state index in [4.69, 9.17) is 9.47 Å². The Labute approximate surface area is 141 Å². The molecule has 1 heterocycles. The van der Waals surface area contributed by atoms with Gasteiger partial charge in [-0.15, -0.1) is 0 Å². The first-order chi connectivity index (χ1) is 11.3. The number of ether oxygens (including phenoxy) is 2. The summed E-state index contributed by atoms with van der Waals surface area (Å²) >= 11 is 0. The van der Waals surface area contributed by atoms with Gasteiger partial charge in [0.2, 0.25) is 0 Å². The lowest BCUT2D eigenvalue weighted by atomic mass is 10.1. The third kappa shape index (κ3) is 6.50. The van der Waals surface area contributed by atoms with Crippen molar-refractivity contribution in [2.45, 2.75) is 26.7 Å². The van der Waals surface area contributed by atoms with E-state index in [0.29, 0.717) is 0 Å². The lowest BCUT2D eigenvalue weighted by Crippen LogP contribution is -2.36. The zero-order valence-electron chi connectivity index (χ0n) is 14.8. The SMILES string of the molecule is CCN(CC)CCOc1ccccc1CCCN1CCOCC1. The molecule has 130 valence electrons. The smallest absolute Gasteiger partial charge is 0.122 e. The van der Waals surface area contributed by atoms with E-state index in [1.54, 1.807) is 0 Å². The Morgan fingerprint density at radius 3 is 2.61 bits per heavy atom. The van der Waals surface area contributed by atoms with Crippen molar-refractivity contribution in [3.63, 3.8) is 0 Å². The van der Waals surface area contributed by atoms with Gasteiger partial charge in [0.05, 0.1) is 13.2 Å². The van der Waals surface area contributed by atoms with Crippen LogP contribution in [0.15, 0.2) is 24.3 Å². The topological polar surface area (TPSA) is 24.9 Å². The molecular formula is C19H32N2O2. The molecule has 2 rings (SSSR count). The quantitative estimate of drug-likeness (QED) is 0.662. The summed E-state index contributed by atoms with van der Waals surface area (Å²) in [6, 6.07) is 8.48. The maximum absolute atomic E-state index is 6.04. The van der Waals surface area contributed by atoms with Crippen LogP contribution in [0.25, 0.3) is 0 Å². The number of morpholine rings is 1. The lowest BCUT2D eigenvalue weighted by Gasteiger charge is -2.26. The molecule has 1 saturated heterocycles. The van der Waals surface area contributed by atoms with Gasteiger partial charge in [-0.3, -0.25) is 4.90 Å². The Hall–Kier alpha value is -1.10. The van der Waals surface area contributed by atoms with Crippen molar-refractivity contribution in [2.75, 3.05) is 59.1 Å². The predicted molar refractivity (Wildman–Crippen MR) is 95.3 cm³/mol. The van der Waals surface area contributed by atoms with Crippen LogP contribution in [0.5, 0.6) is 5.75 Å². The average molecular weight is 320 g/mol. The van der Waals surface area contributed by atoms with Crippen molar-refractivity contribution < 1.29 is 9.47 Å². The molecule has 1 aliphatic rings. The van der Waals surface area contributed by atoms with Crippen molar-refractivity contribution in [1.82, 2.24) is 9.80 Å². The Kier molecular flexibility index (Phi) is 8.43. The van der Waals surface area contributed by atoms with Crippen molar-refractivity contribution in [3.8, 4) is 5.75 Å². The van der Waals surface area contributed by atoms with Gasteiger partial charge in [0.25, 0.3) is 0 Å². The summed E-state index contributed by atoms with van der Waals surface area (Å²) in [5.41, 5.74) is 1.33. The molecule has 0 aliphatic carbocycles. The van der Waals surface area contributed by atoms with Crippen molar-refractivity contribution in [2.24, 2.45) is 0 Å². The first-order valence-corrected chi connectivity index (χ1v) is 9.06. The van der Waals surface area contributed by atoms with E-state index in [1.807, 2.05) is 0 Å². The number of rotatable bonds is 10. The molecule has 0 aromatic heterocycles. The summed E-state index contributed by atoms with van der Waals surface area (Å²) in [6.07, 6.45) is 2.26. The van der Waals surface area contributed by atoms with Crippen LogP contribution < -0.4 is 4.74 Å². The van der Waals surface area contributed by atoms with Crippen LogP contribution in [0, 0.1) is 0 Å². The van der Waals surface area contributed by atoms with E-state index in [-0.39, 0.29) is 0 Å². The highest BCUT2D eigenvalue weighted by molar-refractivity contribution is 5.33. The third-order valence-corrected chi connectivity index (χ3v) is 4.56. The van der Waals surface area contributed by atoms with Crippen LogP contribution >= 0.6 is 0 Å². The van der Waals surface area contributed by atoms with Gasteiger partial charge < -0.3 is 14.4 Å². The van der Waals surface area contributed by atoms with Gasteiger partial charge >= 0.3 is 0 Å². The number of benzene rings is 1. The average Bonchev–Trinajstić information content (AvgIpc) is 2.61. The molecule has 0 atom stereocenters. The van der Waals surface area contributed by atoms with Gasteiger partial charge in [0, 0.05) is 19.6 Å². The summed E-state index contributed by atoms with van der Waals surface area (Å²) in [7, 11) is 0. The Bertz CT molecular complexity index is 429. The van der Waals surface area contributed by atoms with Crippen LogP contribution in [0.3, 0.4) is 0 Å². The summed E-state index contributed by atoms with van der Waals surface area (Å²) in [4.78, 5) is 4.88. The maximum Gasteiger partial charge on any atom is 0.122 e. The first kappa shape index (κ1) is 18.2. The number of hydrogen-bond acceptors (Lipinski definition) is 4. The standard InChI is InChI=1S/C19H32N2O2/c1-3-20(4-2)14-17-23-19-10-6-5-8-18(19)9-7-11-21-12-15-22-16-13-21/h5-6,8,10H,3-4,7,9,11-17H2,1-2H3. The zero-order valence-corrected chi connectivity index (χ0v) is 14.8. The Morgan fingerprint density at radius 2 is 1.87 bits per heavy atom. The van der Waals surface area contributed by atoms with E-state index in [2.05, 4.69) is 47.9 Å². The molecule has 0 bridgehead atoms. The number of likely N-dealkylation sites (N-methyl/N-ethyl adjacent to an activating group) is 1. The lowest BCUT2D eigenvalue weighted by molar-refractivity contribution is 0.0374.